The lowest BCUT2D eigenvalue weighted by Crippen LogP contribution is -2.44. The molecule has 0 bridgehead atoms. The first-order valence-corrected chi connectivity index (χ1v) is 9.40. The third kappa shape index (κ3) is 4.95. The zero-order valence-corrected chi connectivity index (χ0v) is 16.2. The van der Waals surface area contributed by atoms with E-state index in [1.165, 1.54) is 24.3 Å². The van der Waals surface area contributed by atoms with Crippen molar-refractivity contribution >= 4 is 17.7 Å². The number of amides is 1. The Morgan fingerprint density at radius 2 is 1.82 bits per heavy atom. The molecule has 0 spiro atoms. The number of hydrogen-bond donors (Lipinski definition) is 1. The number of nitrogens with one attached hydrogen (secondary N) is 1. The lowest BCUT2D eigenvalue weighted by atomic mass is 10.1. The van der Waals surface area contributed by atoms with E-state index in [1.54, 1.807) is 0 Å². The van der Waals surface area contributed by atoms with E-state index in [1.807, 2.05) is 19.1 Å². The van der Waals surface area contributed by atoms with Crippen molar-refractivity contribution in [3.05, 3.63) is 71.3 Å². The average molecular weight is 385 g/mol. The van der Waals surface area contributed by atoms with Crippen LogP contribution in [-0.2, 0) is 4.79 Å². The molecule has 1 fully saturated rings. The fourth-order valence-electron chi connectivity index (χ4n) is 3.21. The number of nitrogens with zero attached hydrogens (tertiary/aromatic N) is 2. The fourth-order valence-corrected chi connectivity index (χ4v) is 3.21. The van der Waals surface area contributed by atoms with E-state index < -0.39 is 11.6 Å². The Kier molecular flexibility index (Phi) is 6.41. The molecule has 0 aromatic heterocycles. The molecule has 2 aromatic rings. The van der Waals surface area contributed by atoms with Crippen LogP contribution in [0.2, 0.25) is 0 Å². The number of carbonyl (C=O) groups excluding carboxylic acids is 1. The highest BCUT2D eigenvalue weighted by Crippen LogP contribution is 2.22. The summed E-state index contributed by atoms with van der Waals surface area (Å²) in [4.78, 5) is 16.8. The maximum Gasteiger partial charge on any atom is 0.244 e. The van der Waals surface area contributed by atoms with Gasteiger partial charge in [0.2, 0.25) is 5.91 Å². The second-order valence-electron chi connectivity index (χ2n) is 7.09. The number of piperazine rings is 1. The van der Waals surface area contributed by atoms with Crippen molar-refractivity contribution in [1.82, 2.24) is 10.2 Å². The molecule has 4 nitrogen and oxygen atoms in total. The summed E-state index contributed by atoms with van der Waals surface area (Å²) >= 11 is 0. The normalized spacial score (nSPS) is 16.4. The summed E-state index contributed by atoms with van der Waals surface area (Å²) in [6.45, 7) is 5.90. The van der Waals surface area contributed by atoms with Gasteiger partial charge < -0.3 is 15.1 Å². The standard InChI is InChI=1S/C22H25F2N3O/c1-16(25-21(28)10-9-17-5-4-8-20(23)22(17)24)18-6-3-7-19(15-18)27-13-11-26(2)12-14-27/h3-10,15-16H,11-14H2,1-2H3,(H,25,28)/t16-/m0/s1. The van der Waals surface area contributed by atoms with Crippen molar-refractivity contribution in [1.29, 1.82) is 0 Å². The van der Waals surface area contributed by atoms with E-state index in [-0.39, 0.29) is 17.5 Å². The van der Waals surface area contributed by atoms with E-state index >= 15 is 0 Å². The van der Waals surface area contributed by atoms with Crippen LogP contribution in [-0.4, -0.2) is 44.0 Å². The molecule has 0 radical (unpaired) electrons. The molecule has 0 aliphatic carbocycles. The van der Waals surface area contributed by atoms with Gasteiger partial charge in [-0.2, -0.15) is 0 Å². The van der Waals surface area contributed by atoms with Crippen molar-refractivity contribution in [3.63, 3.8) is 0 Å². The zero-order chi connectivity index (χ0) is 20.1. The number of carbonyl (C=O) groups is 1. The van der Waals surface area contributed by atoms with Gasteiger partial charge >= 0.3 is 0 Å². The average Bonchev–Trinajstić information content (AvgIpc) is 2.70. The smallest absolute Gasteiger partial charge is 0.244 e. The minimum atomic E-state index is -0.959. The third-order valence-electron chi connectivity index (χ3n) is 4.99. The van der Waals surface area contributed by atoms with E-state index in [2.05, 4.69) is 34.3 Å². The zero-order valence-electron chi connectivity index (χ0n) is 16.2. The van der Waals surface area contributed by atoms with Gasteiger partial charge in [0.1, 0.15) is 0 Å². The summed E-state index contributed by atoms with van der Waals surface area (Å²) in [6.07, 6.45) is 2.50. The summed E-state index contributed by atoms with van der Waals surface area (Å²) in [5.74, 6) is -2.25. The van der Waals surface area contributed by atoms with Gasteiger partial charge in [-0.3, -0.25) is 4.79 Å². The van der Waals surface area contributed by atoms with Crippen molar-refractivity contribution < 1.29 is 13.6 Å². The molecule has 148 valence electrons. The van der Waals surface area contributed by atoms with E-state index in [4.69, 9.17) is 0 Å². The molecule has 0 unspecified atom stereocenters. The molecule has 0 saturated carbocycles. The van der Waals surface area contributed by atoms with Crippen molar-refractivity contribution in [2.75, 3.05) is 38.1 Å². The molecule has 1 atom stereocenters. The van der Waals surface area contributed by atoms with Crippen LogP contribution in [0.4, 0.5) is 14.5 Å². The summed E-state index contributed by atoms with van der Waals surface area (Å²) in [6, 6.07) is 11.8. The van der Waals surface area contributed by atoms with Crippen molar-refractivity contribution in [3.8, 4) is 0 Å². The molecular formula is C22H25F2N3O. The maximum absolute atomic E-state index is 13.7. The summed E-state index contributed by atoms with van der Waals surface area (Å²) in [7, 11) is 2.12. The largest absolute Gasteiger partial charge is 0.369 e. The Balaban J connectivity index is 1.63. The van der Waals surface area contributed by atoms with Crippen LogP contribution >= 0.6 is 0 Å². The Labute approximate surface area is 164 Å². The molecule has 3 rings (SSSR count). The van der Waals surface area contributed by atoms with Gasteiger partial charge in [-0.25, -0.2) is 8.78 Å². The molecule has 1 aliphatic rings. The van der Waals surface area contributed by atoms with Crippen LogP contribution in [0.5, 0.6) is 0 Å². The number of hydrogen-bond acceptors (Lipinski definition) is 3. The molecule has 6 heteroatoms. The lowest BCUT2D eigenvalue weighted by Gasteiger charge is -2.34. The molecule has 1 aliphatic heterocycles. The lowest BCUT2D eigenvalue weighted by molar-refractivity contribution is -0.117. The van der Waals surface area contributed by atoms with E-state index in [0.717, 1.165) is 43.5 Å². The second-order valence-corrected chi connectivity index (χ2v) is 7.09. The Morgan fingerprint density at radius 3 is 2.57 bits per heavy atom. The van der Waals surface area contributed by atoms with E-state index in [9.17, 15) is 13.6 Å². The monoisotopic (exact) mass is 385 g/mol. The highest BCUT2D eigenvalue weighted by molar-refractivity contribution is 5.92. The first kappa shape index (κ1) is 20.0. The SMILES string of the molecule is C[C@H](NC(=O)C=Cc1cccc(F)c1F)c1cccc(N2CCN(C)CC2)c1. The van der Waals surface area contributed by atoms with Crippen LogP contribution in [0.25, 0.3) is 6.08 Å². The molecule has 2 aromatic carbocycles. The van der Waals surface area contributed by atoms with Crippen LogP contribution in [0.1, 0.15) is 24.1 Å². The number of rotatable bonds is 5. The van der Waals surface area contributed by atoms with Gasteiger partial charge in [-0.05, 0) is 43.8 Å². The van der Waals surface area contributed by atoms with Gasteiger partial charge in [-0.15, -0.1) is 0 Å². The minimum absolute atomic E-state index is 0.0415. The molecule has 28 heavy (non-hydrogen) atoms. The first-order valence-electron chi connectivity index (χ1n) is 9.40. The Hall–Kier alpha value is -2.73. The van der Waals surface area contributed by atoms with Gasteiger partial charge in [0, 0.05) is 43.5 Å². The highest BCUT2D eigenvalue weighted by atomic mass is 19.2. The predicted octanol–water partition coefficient (Wildman–Crippen LogP) is 3.61. The Morgan fingerprint density at radius 1 is 1.11 bits per heavy atom. The molecule has 1 saturated heterocycles. The summed E-state index contributed by atoms with van der Waals surface area (Å²) in [5.41, 5.74) is 2.18. The van der Waals surface area contributed by atoms with Crippen LogP contribution in [0.15, 0.2) is 48.5 Å². The van der Waals surface area contributed by atoms with Crippen molar-refractivity contribution in [2.45, 2.75) is 13.0 Å². The number of likely N-dealkylation sites (N-methyl/N-ethyl adjacent to an activating group) is 1. The van der Waals surface area contributed by atoms with Gasteiger partial charge in [-0.1, -0.05) is 24.3 Å². The summed E-state index contributed by atoms with van der Waals surface area (Å²) < 4.78 is 26.9. The van der Waals surface area contributed by atoms with Crippen LogP contribution < -0.4 is 10.2 Å². The molecule has 1 amide bonds. The Bertz CT molecular complexity index is 861. The predicted molar refractivity (Wildman–Crippen MR) is 108 cm³/mol. The number of anilines is 1. The van der Waals surface area contributed by atoms with E-state index in [0.29, 0.717) is 0 Å². The van der Waals surface area contributed by atoms with Gasteiger partial charge in [0.05, 0.1) is 6.04 Å². The van der Waals surface area contributed by atoms with Gasteiger partial charge in [0.25, 0.3) is 0 Å². The maximum atomic E-state index is 13.7. The molecule has 1 heterocycles. The number of benzene rings is 2. The molecule has 1 N–H and O–H groups in total. The quantitative estimate of drug-likeness (QED) is 0.799. The first-order chi connectivity index (χ1) is 13.4. The summed E-state index contributed by atoms with van der Waals surface area (Å²) in [5, 5.41) is 2.87. The highest BCUT2D eigenvalue weighted by Gasteiger charge is 2.16. The third-order valence-corrected chi connectivity index (χ3v) is 4.99. The van der Waals surface area contributed by atoms with Crippen LogP contribution in [0.3, 0.4) is 0 Å². The van der Waals surface area contributed by atoms with Crippen molar-refractivity contribution in [2.24, 2.45) is 0 Å². The number of halogens is 2. The fraction of sp³-hybridized carbons (Fsp3) is 0.318. The van der Waals surface area contributed by atoms with Gasteiger partial charge in [0.15, 0.2) is 11.6 Å². The second kappa shape index (κ2) is 8.97. The topological polar surface area (TPSA) is 35.6 Å². The minimum Gasteiger partial charge on any atom is -0.369 e. The van der Waals surface area contributed by atoms with Crippen LogP contribution in [0, 0.1) is 11.6 Å². The molecular weight excluding hydrogens is 360 g/mol.